The molecule has 1 aromatic heterocycles. The highest BCUT2D eigenvalue weighted by Crippen LogP contribution is 2.18. The van der Waals surface area contributed by atoms with Gasteiger partial charge in [0.15, 0.2) is 11.5 Å². The largest absolute Gasteiger partial charge is 0.378 e. The normalized spacial score (nSPS) is 10.3. The lowest BCUT2D eigenvalue weighted by Crippen LogP contribution is -2.31. The average molecular weight is 313 g/mol. The summed E-state index contributed by atoms with van der Waals surface area (Å²) in [4.78, 5) is 15.9. The Bertz CT molecular complexity index is 633. The summed E-state index contributed by atoms with van der Waals surface area (Å²) < 4.78 is 0. The molecule has 1 heterocycles. The lowest BCUT2D eigenvalue weighted by Gasteiger charge is -2.17. The summed E-state index contributed by atoms with van der Waals surface area (Å²) in [5.41, 5.74) is 2.41. The highest BCUT2D eigenvalue weighted by Gasteiger charge is 2.14. The number of hydrogen-bond acceptors (Lipinski definition) is 5. The van der Waals surface area contributed by atoms with E-state index in [-0.39, 0.29) is 5.91 Å². The van der Waals surface area contributed by atoms with Crippen molar-refractivity contribution in [1.82, 2.24) is 15.1 Å². The number of nitrogens with zero attached hydrogens (tertiary/aromatic N) is 4. The van der Waals surface area contributed by atoms with Crippen molar-refractivity contribution in [3.63, 3.8) is 0 Å². The number of anilines is 3. The van der Waals surface area contributed by atoms with E-state index in [0.29, 0.717) is 24.6 Å². The topological polar surface area (TPSA) is 61.4 Å². The van der Waals surface area contributed by atoms with Gasteiger partial charge >= 0.3 is 0 Å². The zero-order valence-electron chi connectivity index (χ0n) is 14.1. The minimum atomic E-state index is -0.0932. The van der Waals surface area contributed by atoms with Gasteiger partial charge in [-0.05, 0) is 50.2 Å². The molecule has 0 unspecified atom stereocenters. The first-order valence-electron chi connectivity index (χ1n) is 7.72. The van der Waals surface area contributed by atoms with Crippen molar-refractivity contribution in [3.8, 4) is 0 Å². The molecule has 0 aliphatic carbocycles. The lowest BCUT2D eigenvalue weighted by atomic mass is 10.2. The van der Waals surface area contributed by atoms with Crippen LogP contribution in [-0.4, -0.2) is 48.2 Å². The number of nitrogens with one attached hydrogen (secondary N) is 1. The number of aromatic nitrogens is 2. The molecule has 0 aliphatic heterocycles. The van der Waals surface area contributed by atoms with E-state index in [4.69, 9.17) is 0 Å². The predicted octanol–water partition coefficient (Wildman–Crippen LogP) is 2.77. The fourth-order valence-electron chi connectivity index (χ4n) is 2.18. The molecular weight excluding hydrogens is 290 g/mol. The minimum Gasteiger partial charge on any atom is -0.378 e. The van der Waals surface area contributed by atoms with Gasteiger partial charge in [-0.3, -0.25) is 4.79 Å². The molecule has 0 saturated carbocycles. The van der Waals surface area contributed by atoms with Crippen molar-refractivity contribution >= 4 is 23.1 Å². The molecule has 1 aromatic carbocycles. The first-order chi connectivity index (χ1) is 11.0. The number of amides is 1. The summed E-state index contributed by atoms with van der Waals surface area (Å²) in [6.07, 6.45) is 0. The summed E-state index contributed by atoms with van der Waals surface area (Å²) in [5, 5.41) is 11.3. The molecule has 122 valence electrons. The van der Waals surface area contributed by atoms with Crippen LogP contribution in [0.2, 0.25) is 0 Å². The zero-order valence-corrected chi connectivity index (χ0v) is 14.1. The fraction of sp³-hybridized carbons (Fsp3) is 0.353. The van der Waals surface area contributed by atoms with E-state index in [9.17, 15) is 4.79 Å². The second-order valence-electron chi connectivity index (χ2n) is 5.35. The van der Waals surface area contributed by atoms with E-state index >= 15 is 0 Å². The van der Waals surface area contributed by atoms with Crippen molar-refractivity contribution in [2.75, 3.05) is 37.4 Å². The second kappa shape index (κ2) is 7.58. The van der Waals surface area contributed by atoms with E-state index < -0.39 is 0 Å². The van der Waals surface area contributed by atoms with Crippen LogP contribution in [0.4, 0.5) is 17.2 Å². The molecule has 6 nitrogen and oxygen atoms in total. The van der Waals surface area contributed by atoms with Crippen molar-refractivity contribution in [2.24, 2.45) is 0 Å². The van der Waals surface area contributed by atoms with Crippen molar-refractivity contribution in [3.05, 3.63) is 42.1 Å². The molecule has 0 atom stereocenters. The van der Waals surface area contributed by atoms with Crippen LogP contribution in [0.25, 0.3) is 0 Å². The molecule has 0 fully saturated rings. The molecule has 0 aliphatic rings. The van der Waals surface area contributed by atoms with Crippen molar-refractivity contribution < 1.29 is 4.79 Å². The summed E-state index contributed by atoms with van der Waals surface area (Å²) >= 11 is 0. The van der Waals surface area contributed by atoms with Crippen LogP contribution in [0.3, 0.4) is 0 Å². The summed E-state index contributed by atoms with van der Waals surface area (Å²) in [6, 6.07) is 11.5. The van der Waals surface area contributed by atoms with E-state index in [1.165, 1.54) is 0 Å². The van der Waals surface area contributed by atoms with Gasteiger partial charge in [0.25, 0.3) is 5.91 Å². The monoisotopic (exact) mass is 313 g/mol. The first-order valence-corrected chi connectivity index (χ1v) is 7.72. The Kier molecular flexibility index (Phi) is 5.51. The lowest BCUT2D eigenvalue weighted by molar-refractivity contribution is 0.0766. The molecule has 1 N–H and O–H groups in total. The number of carbonyl (C=O) groups is 1. The molecule has 0 spiro atoms. The molecule has 2 aromatic rings. The number of carbonyl (C=O) groups excluding carboxylic acids is 1. The minimum absolute atomic E-state index is 0.0932. The van der Waals surface area contributed by atoms with Crippen LogP contribution in [0.15, 0.2) is 36.4 Å². The zero-order chi connectivity index (χ0) is 16.8. The summed E-state index contributed by atoms with van der Waals surface area (Å²) in [5.74, 6) is 0.517. The van der Waals surface area contributed by atoms with Gasteiger partial charge in [0, 0.05) is 38.6 Å². The van der Waals surface area contributed by atoms with Gasteiger partial charge in [-0.1, -0.05) is 0 Å². The predicted molar refractivity (Wildman–Crippen MR) is 93.3 cm³/mol. The quantitative estimate of drug-likeness (QED) is 0.888. The van der Waals surface area contributed by atoms with Crippen molar-refractivity contribution in [1.29, 1.82) is 0 Å². The molecule has 0 saturated heterocycles. The Balaban J connectivity index is 2.06. The second-order valence-corrected chi connectivity index (χ2v) is 5.35. The van der Waals surface area contributed by atoms with Crippen LogP contribution in [-0.2, 0) is 0 Å². The fourth-order valence-corrected chi connectivity index (χ4v) is 2.18. The maximum absolute atomic E-state index is 12.2. The molecule has 0 radical (unpaired) electrons. The Morgan fingerprint density at radius 1 is 1.00 bits per heavy atom. The number of rotatable bonds is 6. The molecule has 6 heteroatoms. The van der Waals surface area contributed by atoms with E-state index in [2.05, 4.69) is 15.5 Å². The third-order valence-electron chi connectivity index (χ3n) is 3.59. The van der Waals surface area contributed by atoms with Gasteiger partial charge in [0.1, 0.15) is 0 Å². The van der Waals surface area contributed by atoms with Crippen LogP contribution in [0.1, 0.15) is 24.3 Å². The van der Waals surface area contributed by atoms with Crippen LogP contribution in [0, 0.1) is 0 Å². The Morgan fingerprint density at radius 2 is 1.65 bits per heavy atom. The maximum Gasteiger partial charge on any atom is 0.274 e. The van der Waals surface area contributed by atoms with E-state index in [1.807, 2.05) is 57.1 Å². The maximum atomic E-state index is 12.2. The molecule has 1 amide bonds. The van der Waals surface area contributed by atoms with Gasteiger partial charge in [0.05, 0.1) is 0 Å². The van der Waals surface area contributed by atoms with Gasteiger partial charge in [-0.25, -0.2) is 0 Å². The standard InChI is InChI=1S/C17H23N5O/c1-5-22(6-2)17(23)15-11-12-16(20-19-15)18-13-7-9-14(10-8-13)21(3)4/h7-12H,5-6H2,1-4H3,(H,18,20). The van der Waals surface area contributed by atoms with Gasteiger partial charge in [-0.15, -0.1) is 10.2 Å². The highest BCUT2D eigenvalue weighted by atomic mass is 16.2. The Hall–Kier alpha value is -2.63. The SMILES string of the molecule is CCN(CC)C(=O)c1ccc(Nc2ccc(N(C)C)cc2)nn1. The van der Waals surface area contributed by atoms with E-state index in [0.717, 1.165) is 11.4 Å². The van der Waals surface area contributed by atoms with Crippen LogP contribution >= 0.6 is 0 Å². The molecular formula is C17H23N5O. The van der Waals surface area contributed by atoms with Crippen LogP contribution in [0.5, 0.6) is 0 Å². The summed E-state index contributed by atoms with van der Waals surface area (Å²) in [6.45, 7) is 5.22. The van der Waals surface area contributed by atoms with Crippen molar-refractivity contribution in [2.45, 2.75) is 13.8 Å². The number of hydrogen-bond donors (Lipinski definition) is 1. The van der Waals surface area contributed by atoms with Gasteiger partial charge < -0.3 is 15.1 Å². The smallest absolute Gasteiger partial charge is 0.274 e. The third-order valence-corrected chi connectivity index (χ3v) is 3.59. The first kappa shape index (κ1) is 16.7. The molecule has 23 heavy (non-hydrogen) atoms. The van der Waals surface area contributed by atoms with Gasteiger partial charge in [0.2, 0.25) is 0 Å². The highest BCUT2D eigenvalue weighted by molar-refractivity contribution is 5.92. The molecule has 2 rings (SSSR count). The van der Waals surface area contributed by atoms with Crippen LogP contribution < -0.4 is 10.2 Å². The average Bonchev–Trinajstić information content (AvgIpc) is 2.57. The molecule has 0 bridgehead atoms. The third kappa shape index (κ3) is 4.18. The Morgan fingerprint density at radius 3 is 2.13 bits per heavy atom. The van der Waals surface area contributed by atoms with Gasteiger partial charge in [-0.2, -0.15) is 0 Å². The summed E-state index contributed by atoms with van der Waals surface area (Å²) in [7, 11) is 4.00. The van der Waals surface area contributed by atoms with E-state index in [1.54, 1.807) is 17.0 Å². The Labute approximate surface area is 137 Å². The number of benzene rings is 1.